The Balaban J connectivity index is 2.07. The number of fused-ring (bicyclic) bond motifs is 1. The van der Waals surface area contributed by atoms with E-state index in [0.717, 1.165) is 29.6 Å². The van der Waals surface area contributed by atoms with Crippen molar-refractivity contribution in [1.82, 2.24) is 0 Å². The van der Waals surface area contributed by atoms with E-state index in [4.69, 9.17) is 9.31 Å². The number of hydrogen-bond donors (Lipinski definition) is 0. The third kappa shape index (κ3) is 2.28. The van der Waals surface area contributed by atoms with E-state index in [9.17, 15) is 4.39 Å². The Morgan fingerprint density at radius 1 is 1.04 bits per heavy atom. The number of aliphatic imine (C=N–C) groups is 1. The molecule has 24 heavy (non-hydrogen) atoms. The van der Waals surface area contributed by atoms with Gasteiger partial charge in [0.1, 0.15) is 11.5 Å². The highest BCUT2D eigenvalue weighted by molar-refractivity contribution is 6.62. The van der Waals surface area contributed by atoms with Crippen molar-refractivity contribution >= 4 is 24.0 Å². The van der Waals surface area contributed by atoms with E-state index in [1.807, 2.05) is 40.7 Å². The highest BCUT2D eigenvalue weighted by atomic mass is 19.1. The lowest BCUT2D eigenvalue weighted by Gasteiger charge is -2.32. The van der Waals surface area contributed by atoms with Crippen molar-refractivity contribution in [3.8, 4) is 0 Å². The van der Waals surface area contributed by atoms with Crippen molar-refractivity contribution in [2.75, 3.05) is 0 Å². The van der Waals surface area contributed by atoms with Gasteiger partial charge in [0.25, 0.3) is 0 Å². The van der Waals surface area contributed by atoms with E-state index in [0.29, 0.717) is 5.69 Å². The molecule has 0 saturated carbocycles. The maximum atomic E-state index is 14.8. The molecule has 3 nitrogen and oxygen atoms in total. The minimum absolute atomic E-state index is 0.185. The first kappa shape index (κ1) is 17.6. The van der Waals surface area contributed by atoms with Gasteiger partial charge in [-0.15, -0.1) is 0 Å². The standard InChI is InChI=1S/C19H27BFNO2/c1-8-19(9-2)12(3)22-16-14(19)10-13(11-15(16)21)20-23-17(4,5)18(6,7)24-20/h10-11H,8-9H2,1-7H3. The molecule has 0 amide bonds. The average Bonchev–Trinajstić information content (AvgIpc) is 2.90. The molecular formula is C19H27BFNO2. The largest absolute Gasteiger partial charge is 0.494 e. The molecule has 5 heteroatoms. The molecule has 2 aliphatic rings. The van der Waals surface area contributed by atoms with Crippen LogP contribution in [0.2, 0.25) is 0 Å². The van der Waals surface area contributed by atoms with Gasteiger partial charge in [0, 0.05) is 11.1 Å². The molecule has 1 aromatic carbocycles. The Bertz CT molecular complexity index is 692. The molecule has 130 valence electrons. The first-order chi connectivity index (χ1) is 11.1. The molecule has 3 rings (SSSR count). The molecule has 1 fully saturated rings. The molecule has 2 heterocycles. The van der Waals surface area contributed by atoms with Crippen LogP contribution in [-0.4, -0.2) is 24.0 Å². The molecule has 0 aliphatic carbocycles. The fraction of sp³-hybridized carbons (Fsp3) is 0.632. The molecule has 0 spiro atoms. The van der Waals surface area contributed by atoms with Gasteiger partial charge in [0.05, 0.1) is 11.2 Å². The van der Waals surface area contributed by atoms with Crippen LogP contribution in [0.1, 0.15) is 66.9 Å². The molecular weight excluding hydrogens is 304 g/mol. The number of nitrogens with zero attached hydrogens (tertiary/aromatic N) is 1. The van der Waals surface area contributed by atoms with Crippen LogP contribution < -0.4 is 5.46 Å². The number of hydrogen-bond acceptors (Lipinski definition) is 3. The summed E-state index contributed by atoms with van der Waals surface area (Å²) in [6, 6.07) is 3.55. The van der Waals surface area contributed by atoms with Crippen LogP contribution in [0.15, 0.2) is 17.1 Å². The van der Waals surface area contributed by atoms with Crippen molar-refractivity contribution < 1.29 is 13.7 Å². The lowest BCUT2D eigenvalue weighted by Crippen LogP contribution is -2.41. The summed E-state index contributed by atoms with van der Waals surface area (Å²) in [4.78, 5) is 4.53. The van der Waals surface area contributed by atoms with Gasteiger partial charge in [0.2, 0.25) is 0 Å². The van der Waals surface area contributed by atoms with Crippen LogP contribution in [0.25, 0.3) is 0 Å². The zero-order valence-corrected chi connectivity index (χ0v) is 15.8. The topological polar surface area (TPSA) is 30.8 Å². The van der Waals surface area contributed by atoms with E-state index in [2.05, 4.69) is 18.8 Å². The van der Waals surface area contributed by atoms with Crippen LogP contribution in [0.4, 0.5) is 10.1 Å². The number of halogens is 1. The fourth-order valence-corrected chi connectivity index (χ4v) is 3.83. The Kier molecular flexibility index (Phi) is 3.97. The third-order valence-electron chi connectivity index (χ3n) is 6.31. The summed E-state index contributed by atoms with van der Waals surface area (Å²) < 4.78 is 27.0. The quantitative estimate of drug-likeness (QED) is 0.774. The van der Waals surface area contributed by atoms with Gasteiger partial charge >= 0.3 is 7.12 Å². The average molecular weight is 331 g/mol. The lowest BCUT2D eigenvalue weighted by molar-refractivity contribution is 0.00578. The second kappa shape index (κ2) is 5.40. The van der Waals surface area contributed by atoms with E-state index in [1.165, 1.54) is 6.07 Å². The van der Waals surface area contributed by atoms with E-state index in [-0.39, 0.29) is 11.2 Å². The predicted molar refractivity (Wildman–Crippen MR) is 97.1 cm³/mol. The van der Waals surface area contributed by atoms with Crippen LogP contribution in [-0.2, 0) is 14.7 Å². The van der Waals surface area contributed by atoms with Gasteiger partial charge in [-0.25, -0.2) is 4.39 Å². The van der Waals surface area contributed by atoms with E-state index < -0.39 is 18.3 Å². The molecule has 0 bridgehead atoms. The van der Waals surface area contributed by atoms with Crippen molar-refractivity contribution in [1.29, 1.82) is 0 Å². The summed E-state index contributed by atoms with van der Waals surface area (Å²) in [7, 11) is -0.554. The lowest BCUT2D eigenvalue weighted by atomic mass is 9.70. The molecule has 1 aromatic rings. The summed E-state index contributed by atoms with van der Waals surface area (Å²) in [6.07, 6.45) is 1.80. The van der Waals surface area contributed by atoms with Crippen LogP contribution in [0.5, 0.6) is 0 Å². The Morgan fingerprint density at radius 3 is 2.08 bits per heavy atom. The molecule has 0 atom stereocenters. The maximum Gasteiger partial charge on any atom is 0.494 e. The van der Waals surface area contributed by atoms with Crippen molar-refractivity contribution in [2.45, 2.75) is 77.9 Å². The van der Waals surface area contributed by atoms with E-state index >= 15 is 0 Å². The van der Waals surface area contributed by atoms with Crippen LogP contribution >= 0.6 is 0 Å². The van der Waals surface area contributed by atoms with Crippen molar-refractivity contribution in [3.05, 3.63) is 23.5 Å². The molecule has 0 aromatic heterocycles. The highest BCUT2D eigenvalue weighted by Gasteiger charge is 2.52. The zero-order chi connectivity index (χ0) is 17.9. The predicted octanol–water partition coefficient (Wildman–Crippen LogP) is 4.29. The second-order valence-electron chi connectivity index (χ2n) is 7.97. The van der Waals surface area contributed by atoms with Gasteiger partial charge in [-0.3, -0.25) is 4.99 Å². The second-order valence-corrected chi connectivity index (χ2v) is 7.97. The fourth-order valence-electron chi connectivity index (χ4n) is 3.83. The Labute approximate surface area is 144 Å². The minimum atomic E-state index is -0.554. The maximum absolute atomic E-state index is 14.8. The Morgan fingerprint density at radius 2 is 1.58 bits per heavy atom. The van der Waals surface area contributed by atoms with Gasteiger partial charge in [0.15, 0.2) is 0 Å². The smallest absolute Gasteiger partial charge is 0.399 e. The van der Waals surface area contributed by atoms with Gasteiger partial charge in [-0.1, -0.05) is 19.9 Å². The summed E-state index contributed by atoms with van der Waals surface area (Å²) in [5.74, 6) is -0.291. The van der Waals surface area contributed by atoms with Gasteiger partial charge in [-0.2, -0.15) is 0 Å². The SMILES string of the molecule is CCC1(CC)C(C)=Nc2c(F)cc(B3OC(C)(C)C(C)(C)O3)cc21. The van der Waals surface area contributed by atoms with E-state index in [1.54, 1.807) is 0 Å². The van der Waals surface area contributed by atoms with Crippen LogP contribution in [0.3, 0.4) is 0 Å². The normalized spacial score (nSPS) is 23.3. The van der Waals surface area contributed by atoms with Crippen molar-refractivity contribution in [3.63, 3.8) is 0 Å². The summed E-state index contributed by atoms with van der Waals surface area (Å²) in [6.45, 7) is 14.3. The van der Waals surface area contributed by atoms with Crippen LogP contribution in [0, 0.1) is 5.82 Å². The van der Waals surface area contributed by atoms with Gasteiger partial charge in [-0.05, 0) is 64.6 Å². The monoisotopic (exact) mass is 331 g/mol. The molecule has 1 saturated heterocycles. The third-order valence-corrected chi connectivity index (χ3v) is 6.31. The summed E-state index contributed by atoms with van der Waals surface area (Å²) in [5.41, 5.74) is 2.12. The number of rotatable bonds is 3. The molecule has 0 radical (unpaired) electrons. The summed E-state index contributed by atoms with van der Waals surface area (Å²) in [5, 5.41) is 0. The zero-order valence-electron chi connectivity index (χ0n) is 15.8. The Hall–Kier alpha value is -1.20. The first-order valence-electron chi connectivity index (χ1n) is 8.83. The first-order valence-corrected chi connectivity index (χ1v) is 8.83. The number of benzene rings is 1. The highest BCUT2D eigenvalue weighted by Crippen LogP contribution is 2.46. The molecule has 0 N–H and O–H groups in total. The van der Waals surface area contributed by atoms with Crippen molar-refractivity contribution in [2.24, 2.45) is 4.99 Å². The molecule has 2 aliphatic heterocycles. The summed E-state index contributed by atoms with van der Waals surface area (Å²) >= 11 is 0. The molecule has 0 unspecified atom stereocenters. The minimum Gasteiger partial charge on any atom is -0.399 e. The van der Waals surface area contributed by atoms with Gasteiger partial charge < -0.3 is 9.31 Å².